The van der Waals surface area contributed by atoms with Crippen LogP contribution < -0.4 is 15.8 Å². The number of ether oxygens (including phenoxy) is 1. The molecule has 0 radical (unpaired) electrons. The number of nitrogens with two attached hydrogens (primary N) is 1. The van der Waals surface area contributed by atoms with Gasteiger partial charge in [-0.3, -0.25) is 15.0 Å². The molecule has 0 atom stereocenters. The van der Waals surface area contributed by atoms with Gasteiger partial charge < -0.3 is 10.5 Å². The second-order valence-corrected chi connectivity index (χ2v) is 7.44. The molecule has 3 N–H and O–H groups in total. The summed E-state index contributed by atoms with van der Waals surface area (Å²) in [6.07, 6.45) is 0. The second kappa shape index (κ2) is 8.28. The number of hydrogen-bond acceptors (Lipinski definition) is 6. The van der Waals surface area contributed by atoms with Gasteiger partial charge in [0.15, 0.2) is 0 Å². The molecule has 1 heterocycles. The number of primary amides is 1. The minimum absolute atomic E-state index is 0.000118. The molecule has 138 valence electrons. The summed E-state index contributed by atoms with van der Waals surface area (Å²) in [6, 6.07) is 5.39. The number of piperazine rings is 1. The predicted octanol–water partition coefficient (Wildman–Crippen LogP) is -0.413. The quantitative estimate of drug-likeness (QED) is 0.702. The van der Waals surface area contributed by atoms with Gasteiger partial charge in [0.2, 0.25) is 15.9 Å². The molecule has 3 amide bonds. The molecule has 1 aromatic carbocycles. The van der Waals surface area contributed by atoms with E-state index in [9.17, 15) is 18.0 Å². The van der Waals surface area contributed by atoms with Crippen LogP contribution in [-0.2, 0) is 14.8 Å². The van der Waals surface area contributed by atoms with Gasteiger partial charge in [0, 0.05) is 26.2 Å². The normalized spacial score (nSPS) is 16.4. The van der Waals surface area contributed by atoms with Gasteiger partial charge in [0.1, 0.15) is 5.75 Å². The Morgan fingerprint density at radius 1 is 1.16 bits per heavy atom. The third-order valence-electron chi connectivity index (χ3n) is 3.73. The number of urea groups is 1. The van der Waals surface area contributed by atoms with Gasteiger partial charge in [-0.1, -0.05) is 0 Å². The highest BCUT2D eigenvalue weighted by molar-refractivity contribution is 7.89. The lowest BCUT2D eigenvalue weighted by Crippen LogP contribution is -2.51. The summed E-state index contributed by atoms with van der Waals surface area (Å²) in [7, 11) is -3.59. The summed E-state index contributed by atoms with van der Waals surface area (Å²) in [6.45, 7) is 3.68. The Morgan fingerprint density at radius 2 is 1.76 bits per heavy atom. The SMILES string of the molecule is CCOc1ccc(S(=O)(=O)N2CCN(CC(=O)NC(N)=O)CC2)cc1. The fourth-order valence-electron chi connectivity index (χ4n) is 2.53. The van der Waals surface area contributed by atoms with Crippen LogP contribution in [0, 0.1) is 0 Å². The number of carbonyl (C=O) groups excluding carboxylic acids is 2. The van der Waals surface area contributed by atoms with Crippen molar-refractivity contribution >= 4 is 22.0 Å². The molecule has 1 saturated heterocycles. The number of benzene rings is 1. The molecule has 1 aliphatic heterocycles. The van der Waals surface area contributed by atoms with Crippen LogP contribution in [0.25, 0.3) is 0 Å². The minimum Gasteiger partial charge on any atom is -0.494 e. The van der Waals surface area contributed by atoms with E-state index in [4.69, 9.17) is 10.5 Å². The van der Waals surface area contributed by atoms with Gasteiger partial charge in [-0.05, 0) is 31.2 Å². The fourth-order valence-corrected chi connectivity index (χ4v) is 3.95. The summed E-state index contributed by atoms with van der Waals surface area (Å²) in [4.78, 5) is 24.1. The summed E-state index contributed by atoms with van der Waals surface area (Å²) >= 11 is 0. The molecule has 0 saturated carbocycles. The largest absolute Gasteiger partial charge is 0.494 e. The van der Waals surface area contributed by atoms with E-state index in [1.54, 1.807) is 17.0 Å². The monoisotopic (exact) mass is 370 g/mol. The molecule has 9 nitrogen and oxygen atoms in total. The fraction of sp³-hybridized carbons (Fsp3) is 0.467. The smallest absolute Gasteiger partial charge is 0.318 e. The summed E-state index contributed by atoms with van der Waals surface area (Å²) < 4.78 is 32.0. The number of nitrogens with one attached hydrogen (secondary N) is 1. The number of amides is 3. The first-order chi connectivity index (χ1) is 11.8. The van der Waals surface area contributed by atoms with Crippen LogP contribution in [0.1, 0.15) is 6.92 Å². The van der Waals surface area contributed by atoms with E-state index in [1.165, 1.54) is 16.4 Å². The van der Waals surface area contributed by atoms with E-state index in [2.05, 4.69) is 0 Å². The maximum absolute atomic E-state index is 12.7. The average Bonchev–Trinajstić information content (AvgIpc) is 2.55. The lowest BCUT2D eigenvalue weighted by molar-refractivity contribution is -0.121. The first kappa shape index (κ1) is 19.2. The molecule has 0 aliphatic carbocycles. The Kier molecular flexibility index (Phi) is 6.34. The Hall–Kier alpha value is -2.17. The van der Waals surface area contributed by atoms with Gasteiger partial charge in [0.05, 0.1) is 18.0 Å². The van der Waals surface area contributed by atoms with Crippen LogP contribution >= 0.6 is 0 Å². The van der Waals surface area contributed by atoms with Crippen molar-refractivity contribution in [1.82, 2.24) is 14.5 Å². The van der Waals surface area contributed by atoms with Gasteiger partial charge in [-0.15, -0.1) is 0 Å². The molecular weight excluding hydrogens is 348 g/mol. The van der Waals surface area contributed by atoms with Crippen molar-refractivity contribution in [3.8, 4) is 5.75 Å². The molecule has 10 heteroatoms. The molecule has 1 aromatic rings. The third kappa shape index (κ3) is 5.15. The standard InChI is InChI=1S/C15H22N4O5S/c1-2-24-12-3-5-13(6-4-12)25(22,23)19-9-7-18(8-10-19)11-14(20)17-15(16)21/h3-6H,2,7-11H2,1H3,(H3,16,17,20,21). The number of nitrogens with zero attached hydrogens (tertiary/aromatic N) is 2. The maximum atomic E-state index is 12.7. The van der Waals surface area contributed by atoms with Crippen LogP contribution in [0.3, 0.4) is 0 Å². The Morgan fingerprint density at radius 3 is 2.28 bits per heavy atom. The highest BCUT2D eigenvalue weighted by atomic mass is 32.2. The highest BCUT2D eigenvalue weighted by Gasteiger charge is 2.29. The number of rotatable bonds is 6. The van der Waals surface area contributed by atoms with Crippen molar-refractivity contribution in [3.63, 3.8) is 0 Å². The van der Waals surface area contributed by atoms with Gasteiger partial charge in [0.25, 0.3) is 0 Å². The van der Waals surface area contributed by atoms with Crippen molar-refractivity contribution in [2.45, 2.75) is 11.8 Å². The first-order valence-corrected chi connectivity index (χ1v) is 9.31. The van der Waals surface area contributed by atoms with Crippen LogP contribution in [-0.4, -0.2) is 68.9 Å². The lowest BCUT2D eigenvalue weighted by Gasteiger charge is -2.33. The zero-order valence-electron chi connectivity index (χ0n) is 14.0. The van der Waals surface area contributed by atoms with Crippen molar-refractivity contribution in [2.24, 2.45) is 5.73 Å². The van der Waals surface area contributed by atoms with Gasteiger partial charge >= 0.3 is 6.03 Å². The van der Waals surface area contributed by atoms with E-state index < -0.39 is 22.0 Å². The van der Waals surface area contributed by atoms with E-state index >= 15 is 0 Å². The number of hydrogen-bond donors (Lipinski definition) is 2. The molecule has 0 spiro atoms. The lowest BCUT2D eigenvalue weighted by atomic mass is 10.3. The molecular formula is C15H22N4O5S. The number of sulfonamides is 1. The molecule has 0 bridgehead atoms. The van der Waals surface area contributed by atoms with E-state index in [-0.39, 0.29) is 24.5 Å². The van der Waals surface area contributed by atoms with Crippen molar-refractivity contribution in [1.29, 1.82) is 0 Å². The van der Waals surface area contributed by atoms with Gasteiger partial charge in [-0.25, -0.2) is 13.2 Å². The molecule has 0 aromatic heterocycles. The van der Waals surface area contributed by atoms with Crippen LogP contribution in [0.15, 0.2) is 29.2 Å². The average molecular weight is 370 g/mol. The maximum Gasteiger partial charge on any atom is 0.318 e. The zero-order valence-corrected chi connectivity index (χ0v) is 14.8. The van der Waals surface area contributed by atoms with E-state index in [1.807, 2.05) is 12.2 Å². The predicted molar refractivity (Wildman–Crippen MR) is 90.5 cm³/mol. The molecule has 1 fully saturated rings. The van der Waals surface area contributed by atoms with Crippen LogP contribution in [0.4, 0.5) is 4.79 Å². The van der Waals surface area contributed by atoms with Crippen molar-refractivity contribution in [3.05, 3.63) is 24.3 Å². The van der Waals surface area contributed by atoms with E-state index in [0.717, 1.165) is 0 Å². The summed E-state index contributed by atoms with van der Waals surface area (Å²) in [5.74, 6) is 0.113. The minimum atomic E-state index is -3.59. The topological polar surface area (TPSA) is 122 Å². The first-order valence-electron chi connectivity index (χ1n) is 7.87. The molecule has 25 heavy (non-hydrogen) atoms. The number of imide groups is 1. The van der Waals surface area contributed by atoms with Crippen molar-refractivity contribution in [2.75, 3.05) is 39.3 Å². The Balaban J connectivity index is 1.94. The highest BCUT2D eigenvalue weighted by Crippen LogP contribution is 2.20. The van der Waals surface area contributed by atoms with Crippen LogP contribution in [0.5, 0.6) is 5.75 Å². The molecule has 0 unspecified atom stereocenters. The Bertz CT molecular complexity index is 712. The van der Waals surface area contributed by atoms with E-state index in [0.29, 0.717) is 25.4 Å². The Labute approximate surface area is 146 Å². The second-order valence-electron chi connectivity index (χ2n) is 5.50. The summed E-state index contributed by atoms with van der Waals surface area (Å²) in [5, 5.41) is 1.99. The van der Waals surface area contributed by atoms with Crippen LogP contribution in [0.2, 0.25) is 0 Å². The third-order valence-corrected chi connectivity index (χ3v) is 5.65. The van der Waals surface area contributed by atoms with Crippen molar-refractivity contribution < 1.29 is 22.7 Å². The zero-order chi connectivity index (χ0) is 18.4. The molecule has 2 rings (SSSR count). The van der Waals surface area contributed by atoms with Gasteiger partial charge in [-0.2, -0.15) is 4.31 Å². The molecule has 1 aliphatic rings. The summed E-state index contributed by atoms with van der Waals surface area (Å²) in [5.41, 5.74) is 4.89. The number of carbonyl (C=O) groups is 2.